The van der Waals surface area contributed by atoms with Crippen molar-refractivity contribution in [3.05, 3.63) is 28.2 Å². The third-order valence-corrected chi connectivity index (χ3v) is 4.54. The van der Waals surface area contributed by atoms with Crippen LogP contribution in [0.2, 0.25) is 0 Å². The molecule has 1 aromatic carbocycles. The molecule has 0 spiro atoms. The maximum atomic E-state index is 5.15. The van der Waals surface area contributed by atoms with Gasteiger partial charge in [-0.2, -0.15) is 0 Å². The van der Waals surface area contributed by atoms with Gasteiger partial charge in [0.2, 0.25) is 0 Å². The summed E-state index contributed by atoms with van der Waals surface area (Å²) in [5, 5.41) is 0. The second-order valence-corrected chi connectivity index (χ2v) is 5.79. The molecule has 100 valence electrons. The molecule has 0 bridgehead atoms. The fourth-order valence-corrected chi connectivity index (χ4v) is 2.97. The van der Waals surface area contributed by atoms with Crippen LogP contribution in [0.15, 0.2) is 22.7 Å². The third kappa shape index (κ3) is 3.25. The molecule has 3 nitrogen and oxygen atoms in total. The van der Waals surface area contributed by atoms with Crippen LogP contribution in [0.3, 0.4) is 0 Å². The van der Waals surface area contributed by atoms with Crippen molar-refractivity contribution in [3.63, 3.8) is 0 Å². The number of hydrogen-bond donors (Lipinski definition) is 1. The highest BCUT2D eigenvalue weighted by Gasteiger charge is 2.22. The average molecular weight is 313 g/mol. The van der Waals surface area contributed by atoms with Crippen molar-refractivity contribution in [2.45, 2.75) is 38.6 Å². The molecule has 0 aliphatic carbocycles. The fourth-order valence-electron chi connectivity index (χ4n) is 2.61. The number of nitrogens with two attached hydrogens (primary N) is 1. The molecule has 2 N–H and O–H groups in total. The Morgan fingerprint density at radius 2 is 2.28 bits per heavy atom. The van der Waals surface area contributed by atoms with Gasteiger partial charge in [-0.25, -0.2) is 5.90 Å². The van der Waals surface area contributed by atoms with E-state index in [-0.39, 0.29) is 0 Å². The van der Waals surface area contributed by atoms with Crippen LogP contribution in [0.25, 0.3) is 0 Å². The minimum absolute atomic E-state index is 0.553. The first-order valence-corrected chi connectivity index (χ1v) is 7.36. The minimum atomic E-state index is 0.553. The fraction of sp³-hybridized carbons (Fsp3) is 0.571. The summed E-state index contributed by atoms with van der Waals surface area (Å²) < 4.78 is 1.18. The molecule has 0 saturated carbocycles. The van der Waals surface area contributed by atoms with Gasteiger partial charge in [-0.05, 0) is 50.3 Å². The van der Waals surface area contributed by atoms with Crippen LogP contribution in [0.1, 0.15) is 31.2 Å². The summed E-state index contributed by atoms with van der Waals surface area (Å²) in [6.45, 7) is 3.88. The zero-order valence-electron chi connectivity index (χ0n) is 10.9. The average Bonchev–Trinajstić information content (AvgIpc) is 2.40. The van der Waals surface area contributed by atoms with Crippen LogP contribution in [0.4, 0.5) is 5.69 Å². The summed E-state index contributed by atoms with van der Waals surface area (Å²) >= 11 is 3.61. The van der Waals surface area contributed by atoms with Crippen molar-refractivity contribution < 1.29 is 4.84 Å². The number of hydrogen-bond acceptors (Lipinski definition) is 3. The quantitative estimate of drug-likeness (QED) is 0.866. The lowest BCUT2D eigenvalue weighted by Crippen LogP contribution is -2.40. The standard InChI is InChI=1S/C14H21BrN2O/c1-11-5-6-13(10-14(11)15)17-8-3-2-4-12(17)7-9-18-16/h5-6,10,12H,2-4,7-9,16H2,1H3. The molecule has 1 unspecified atom stereocenters. The molecule has 1 aliphatic heterocycles. The number of anilines is 1. The molecule has 4 heteroatoms. The molecule has 1 heterocycles. The van der Waals surface area contributed by atoms with E-state index >= 15 is 0 Å². The zero-order valence-corrected chi connectivity index (χ0v) is 12.4. The van der Waals surface area contributed by atoms with E-state index < -0.39 is 0 Å². The predicted molar refractivity (Wildman–Crippen MR) is 78.6 cm³/mol. The summed E-state index contributed by atoms with van der Waals surface area (Å²) in [6.07, 6.45) is 4.81. The molecule has 0 aromatic heterocycles. The van der Waals surface area contributed by atoms with Crippen molar-refractivity contribution in [1.82, 2.24) is 0 Å². The topological polar surface area (TPSA) is 38.5 Å². The Balaban J connectivity index is 2.14. The van der Waals surface area contributed by atoms with Crippen LogP contribution in [0.5, 0.6) is 0 Å². The van der Waals surface area contributed by atoms with E-state index in [0.29, 0.717) is 12.6 Å². The molecular formula is C14H21BrN2O. The van der Waals surface area contributed by atoms with E-state index in [1.807, 2.05) is 0 Å². The summed E-state index contributed by atoms with van der Waals surface area (Å²) in [4.78, 5) is 7.23. The first kappa shape index (κ1) is 13.8. The summed E-state index contributed by atoms with van der Waals surface area (Å²) in [5.41, 5.74) is 2.58. The van der Waals surface area contributed by atoms with E-state index in [4.69, 9.17) is 10.7 Å². The molecule has 18 heavy (non-hydrogen) atoms. The molecule has 2 rings (SSSR count). The second kappa shape index (κ2) is 6.55. The Morgan fingerprint density at radius 1 is 1.44 bits per heavy atom. The van der Waals surface area contributed by atoms with Crippen LogP contribution in [0, 0.1) is 6.92 Å². The highest BCUT2D eigenvalue weighted by atomic mass is 79.9. The van der Waals surface area contributed by atoms with E-state index in [1.54, 1.807) is 0 Å². The van der Waals surface area contributed by atoms with E-state index in [2.05, 4.69) is 46.0 Å². The monoisotopic (exact) mass is 312 g/mol. The summed E-state index contributed by atoms with van der Waals surface area (Å²) in [6, 6.07) is 7.15. The van der Waals surface area contributed by atoms with Crippen LogP contribution < -0.4 is 10.8 Å². The Kier molecular flexibility index (Phi) is 5.03. The lowest BCUT2D eigenvalue weighted by atomic mass is 9.98. The van der Waals surface area contributed by atoms with E-state index in [1.165, 1.54) is 35.0 Å². The highest BCUT2D eigenvalue weighted by molar-refractivity contribution is 9.10. The van der Waals surface area contributed by atoms with Crippen molar-refractivity contribution in [3.8, 4) is 0 Å². The number of rotatable bonds is 4. The first-order chi connectivity index (χ1) is 8.72. The Morgan fingerprint density at radius 3 is 3.00 bits per heavy atom. The normalized spacial score (nSPS) is 20.2. The van der Waals surface area contributed by atoms with Gasteiger partial charge < -0.3 is 9.74 Å². The summed E-state index contributed by atoms with van der Waals surface area (Å²) in [5.74, 6) is 5.15. The number of aryl methyl sites for hydroxylation is 1. The van der Waals surface area contributed by atoms with Gasteiger partial charge in [-0.3, -0.25) is 0 Å². The van der Waals surface area contributed by atoms with Crippen LogP contribution in [-0.4, -0.2) is 19.2 Å². The molecule has 1 aromatic rings. The van der Waals surface area contributed by atoms with Crippen molar-refractivity contribution in [1.29, 1.82) is 0 Å². The Bertz CT molecular complexity index is 397. The van der Waals surface area contributed by atoms with Gasteiger partial charge >= 0.3 is 0 Å². The largest absolute Gasteiger partial charge is 0.368 e. The number of piperidine rings is 1. The molecule has 1 atom stereocenters. The van der Waals surface area contributed by atoms with Crippen LogP contribution in [-0.2, 0) is 4.84 Å². The lowest BCUT2D eigenvalue weighted by molar-refractivity contribution is 0.127. The smallest absolute Gasteiger partial charge is 0.0698 e. The lowest BCUT2D eigenvalue weighted by Gasteiger charge is -2.37. The highest BCUT2D eigenvalue weighted by Crippen LogP contribution is 2.29. The van der Waals surface area contributed by atoms with E-state index in [0.717, 1.165) is 13.0 Å². The van der Waals surface area contributed by atoms with Gasteiger partial charge in [0.1, 0.15) is 0 Å². The Hall–Kier alpha value is -0.580. The van der Waals surface area contributed by atoms with Gasteiger partial charge in [0, 0.05) is 22.7 Å². The molecule has 1 fully saturated rings. The minimum Gasteiger partial charge on any atom is -0.368 e. The summed E-state index contributed by atoms with van der Waals surface area (Å²) in [7, 11) is 0. The zero-order chi connectivity index (χ0) is 13.0. The second-order valence-electron chi connectivity index (χ2n) is 4.94. The maximum absolute atomic E-state index is 5.15. The molecule has 1 aliphatic rings. The van der Waals surface area contributed by atoms with Crippen molar-refractivity contribution in [2.75, 3.05) is 18.1 Å². The van der Waals surface area contributed by atoms with Gasteiger partial charge in [-0.15, -0.1) is 0 Å². The van der Waals surface area contributed by atoms with Gasteiger partial charge in [0.25, 0.3) is 0 Å². The van der Waals surface area contributed by atoms with Gasteiger partial charge in [0.05, 0.1) is 6.61 Å². The van der Waals surface area contributed by atoms with Gasteiger partial charge in [0.15, 0.2) is 0 Å². The van der Waals surface area contributed by atoms with Crippen LogP contribution >= 0.6 is 15.9 Å². The van der Waals surface area contributed by atoms with Gasteiger partial charge in [-0.1, -0.05) is 22.0 Å². The predicted octanol–water partition coefficient (Wildman–Crippen LogP) is 3.40. The third-order valence-electron chi connectivity index (χ3n) is 3.68. The number of halogens is 1. The number of nitrogens with zero attached hydrogens (tertiary/aromatic N) is 1. The first-order valence-electron chi connectivity index (χ1n) is 6.57. The van der Waals surface area contributed by atoms with Crippen molar-refractivity contribution in [2.24, 2.45) is 5.90 Å². The maximum Gasteiger partial charge on any atom is 0.0698 e. The SMILES string of the molecule is Cc1ccc(N2CCCCC2CCON)cc1Br. The molecular weight excluding hydrogens is 292 g/mol. The Labute approximate surface area is 117 Å². The number of benzene rings is 1. The van der Waals surface area contributed by atoms with Crippen molar-refractivity contribution >= 4 is 21.6 Å². The molecule has 0 radical (unpaired) electrons. The van der Waals surface area contributed by atoms with E-state index in [9.17, 15) is 0 Å². The molecule has 1 saturated heterocycles. The molecule has 0 amide bonds.